The van der Waals surface area contributed by atoms with Crippen LogP contribution in [0.15, 0.2) is 72.8 Å². The Morgan fingerprint density at radius 3 is 1.61 bits per heavy atom. The van der Waals surface area contributed by atoms with Crippen molar-refractivity contribution in [3.8, 4) is 23.0 Å². The van der Waals surface area contributed by atoms with Crippen LogP contribution in [0, 0.1) is 0 Å². The Kier molecular flexibility index (Phi) is 5.33. The van der Waals surface area contributed by atoms with E-state index in [1.807, 2.05) is 30.3 Å². The third kappa shape index (κ3) is 4.56. The van der Waals surface area contributed by atoms with Gasteiger partial charge in [0.15, 0.2) is 0 Å². The summed E-state index contributed by atoms with van der Waals surface area (Å²) < 4.78 is 11.6. The molecule has 0 aromatic heterocycles. The highest BCUT2D eigenvalue weighted by atomic mass is 35.5. The van der Waals surface area contributed by atoms with Gasteiger partial charge < -0.3 is 33.3 Å². The summed E-state index contributed by atoms with van der Waals surface area (Å²) in [6.45, 7) is 0. The summed E-state index contributed by atoms with van der Waals surface area (Å²) in [5, 5.41) is 0. The van der Waals surface area contributed by atoms with Crippen molar-refractivity contribution in [2.45, 2.75) is 0 Å². The highest BCUT2D eigenvalue weighted by Crippen LogP contribution is 2.31. The van der Waals surface area contributed by atoms with Gasteiger partial charge in [0.05, 0.1) is 0 Å². The number of rotatable bonds is 4. The lowest BCUT2D eigenvalue weighted by atomic mass is 10.2. The maximum atomic E-state index is 5.91. The molecule has 5 heteroatoms. The van der Waals surface area contributed by atoms with E-state index in [1.54, 1.807) is 42.5 Å². The van der Waals surface area contributed by atoms with Crippen molar-refractivity contribution in [2.75, 3.05) is 11.5 Å². The lowest BCUT2D eigenvalue weighted by Crippen LogP contribution is -3.00. The number of hydrogen-bond donors (Lipinski definition) is 2. The number of hydrogen-bond acceptors (Lipinski definition) is 4. The first-order valence-electron chi connectivity index (χ1n) is 6.86. The van der Waals surface area contributed by atoms with E-state index in [-0.39, 0.29) is 12.4 Å². The van der Waals surface area contributed by atoms with Gasteiger partial charge in [-0.2, -0.15) is 0 Å². The molecular formula is C18H16ClN2O2-. The van der Waals surface area contributed by atoms with Crippen molar-refractivity contribution in [1.82, 2.24) is 0 Å². The predicted molar refractivity (Wildman–Crippen MR) is 88.3 cm³/mol. The monoisotopic (exact) mass is 327 g/mol. The van der Waals surface area contributed by atoms with Crippen LogP contribution < -0.4 is 33.3 Å². The van der Waals surface area contributed by atoms with Gasteiger partial charge in [0.25, 0.3) is 0 Å². The molecule has 0 saturated carbocycles. The van der Waals surface area contributed by atoms with Gasteiger partial charge in [-0.15, -0.1) is 0 Å². The van der Waals surface area contributed by atoms with E-state index in [1.165, 1.54) is 0 Å². The molecular weight excluding hydrogens is 312 g/mol. The first-order chi connectivity index (χ1) is 10.7. The van der Waals surface area contributed by atoms with Crippen molar-refractivity contribution >= 4 is 11.4 Å². The Morgan fingerprint density at radius 1 is 0.522 bits per heavy atom. The minimum atomic E-state index is 0. The lowest BCUT2D eigenvalue weighted by Gasteiger charge is -2.10. The number of nitrogens with two attached hydrogens (primary N) is 2. The third-order valence-corrected chi connectivity index (χ3v) is 3.00. The second-order valence-corrected chi connectivity index (χ2v) is 4.82. The molecule has 3 aromatic carbocycles. The molecule has 0 unspecified atom stereocenters. The Bertz CT molecular complexity index is 762. The summed E-state index contributed by atoms with van der Waals surface area (Å²) in [4.78, 5) is 0. The number of nitrogen functional groups attached to an aromatic ring is 2. The van der Waals surface area contributed by atoms with Gasteiger partial charge >= 0.3 is 0 Å². The van der Waals surface area contributed by atoms with Gasteiger partial charge in [0.1, 0.15) is 23.0 Å². The zero-order valence-corrected chi connectivity index (χ0v) is 13.0. The van der Waals surface area contributed by atoms with Gasteiger partial charge in [-0.1, -0.05) is 18.2 Å². The minimum absolute atomic E-state index is 0. The molecule has 0 aliphatic heterocycles. The van der Waals surface area contributed by atoms with Crippen molar-refractivity contribution in [3.05, 3.63) is 72.8 Å². The van der Waals surface area contributed by atoms with Gasteiger partial charge in [-0.25, -0.2) is 0 Å². The fraction of sp³-hybridized carbons (Fsp3) is 0. The fourth-order valence-electron chi connectivity index (χ4n) is 2.01. The molecule has 0 saturated heterocycles. The van der Waals surface area contributed by atoms with Crippen LogP contribution >= 0.6 is 0 Å². The molecule has 118 valence electrons. The summed E-state index contributed by atoms with van der Waals surface area (Å²) >= 11 is 0. The smallest absolute Gasteiger partial charge is 0.133 e. The van der Waals surface area contributed by atoms with Crippen molar-refractivity contribution in [1.29, 1.82) is 0 Å². The van der Waals surface area contributed by atoms with Crippen LogP contribution in [0.25, 0.3) is 0 Å². The number of benzene rings is 3. The Morgan fingerprint density at radius 2 is 1.04 bits per heavy atom. The zero-order valence-electron chi connectivity index (χ0n) is 12.3. The van der Waals surface area contributed by atoms with E-state index >= 15 is 0 Å². The van der Waals surface area contributed by atoms with Crippen molar-refractivity contribution in [2.24, 2.45) is 0 Å². The number of anilines is 2. The standard InChI is InChI=1S/C18H16N2O2.ClH/c19-13-6-8-16(9-7-13)22-18-11-14(20)10-17(12-18)21-15-4-2-1-3-5-15;/h1-12H,19-20H2;1H/p-1. The molecule has 0 fully saturated rings. The Labute approximate surface area is 141 Å². The van der Waals surface area contributed by atoms with Crippen LogP contribution in [0.2, 0.25) is 0 Å². The van der Waals surface area contributed by atoms with Crippen LogP contribution in [0.3, 0.4) is 0 Å². The van der Waals surface area contributed by atoms with Gasteiger partial charge in [0.2, 0.25) is 0 Å². The largest absolute Gasteiger partial charge is 1.00 e. The molecule has 0 atom stereocenters. The molecule has 3 rings (SSSR count). The molecule has 23 heavy (non-hydrogen) atoms. The highest BCUT2D eigenvalue weighted by Gasteiger charge is 2.04. The summed E-state index contributed by atoms with van der Waals surface area (Å²) in [5.74, 6) is 2.66. The van der Waals surface area contributed by atoms with Crippen LogP contribution in [-0.2, 0) is 0 Å². The summed E-state index contributed by atoms with van der Waals surface area (Å²) in [7, 11) is 0. The van der Waals surface area contributed by atoms with Crippen LogP contribution in [0.1, 0.15) is 0 Å². The number of ether oxygens (including phenoxy) is 2. The number of para-hydroxylation sites is 1. The van der Waals surface area contributed by atoms with Gasteiger partial charge in [0, 0.05) is 29.6 Å². The minimum Gasteiger partial charge on any atom is -1.00 e. The molecule has 0 aliphatic carbocycles. The van der Waals surface area contributed by atoms with Crippen LogP contribution in [0.4, 0.5) is 11.4 Å². The van der Waals surface area contributed by atoms with E-state index in [4.69, 9.17) is 20.9 Å². The molecule has 0 bridgehead atoms. The van der Waals surface area contributed by atoms with E-state index in [0.29, 0.717) is 28.6 Å². The Balaban J connectivity index is 0.00000192. The summed E-state index contributed by atoms with van der Waals surface area (Å²) in [6.07, 6.45) is 0. The van der Waals surface area contributed by atoms with Gasteiger partial charge in [-0.05, 0) is 36.4 Å². The second-order valence-electron chi connectivity index (χ2n) is 4.82. The molecule has 0 aliphatic rings. The van der Waals surface area contributed by atoms with E-state index in [9.17, 15) is 0 Å². The van der Waals surface area contributed by atoms with E-state index < -0.39 is 0 Å². The van der Waals surface area contributed by atoms with E-state index in [2.05, 4.69) is 0 Å². The molecule has 4 N–H and O–H groups in total. The average molecular weight is 328 g/mol. The van der Waals surface area contributed by atoms with Crippen LogP contribution in [-0.4, -0.2) is 0 Å². The normalized spacial score (nSPS) is 9.74. The molecule has 4 nitrogen and oxygen atoms in total. The first-order valence-corrected chi connectivity index (χ1v) is 6.86. The number of halogens is 1. The maximum Gasteiger partial charge on any atom is 0.133 e. The maximum absolute atomic E-state index is 5.91. The SMILES string of the molecule is Nc1ccc(Oc2cc(N)cc(Oc3ccccc3)c2)cc1.[Cl-]. The zero-order chi connectivity index (χ0) is 15.4. The molecule has 3 aromatic rings. The summed E-state index contributed by atoms with van der Waals surface area (Å²) in [5.41, 5.74) is 12.8. The quantitative estimate of drug-likeness (QED) is 0.711. The second kappa shape index (κ2) is 7.42. The Hall–Kier alpha value is -2.85. The fourth-order valence-corrected chi connectivity index (χ4v) is 2.01. The predicted octanol–water partition coefficient (Wildman–Crippen LogP) is 1.44. The highest BCUT2D eigenvalue weighted by molar-refractivity contribution is 5.53. The topological polar surface area (TPSA) is 70.5 Å². The third-order valence-electron chi connectivity index (χ3n) is 3.00. The molecule has 0 amide bonds. The van der Waals surface area contributed by atoms with Crippen molar-refractivity contribution < 1.29 is 21.9 Å². The van der Waals surface area contributed by atoms with Crippen LogP contribution in [0.5, 0.6) is 23.0 Å². The molecule has 0 heterocycles. The first kappa shape index (κ1) is 16.5. The van der Waals surface area contributed by atoms with Crippen molar-refractivity contribution in [3.63, 3.8) is 0 Å². The summed E-state index contributed by atoms with van der Waals surface area (Å²) in [6, 6.07) is 22.0. The van der Waals surface area contributed by atoms with Gasteiger partial charge in [-0.3, -0.25) is 0 Å². The molecule has 0 radical (unpaired) electrons. The average Bonchev–Trinajstić information content (AvgIpc) is 2.50. The van der Waals surface area contributed by atoms with E-state index in [0.717, 1.165) is 5.75 Å². The molecule has 0 spiro atoms. The lowest BCUT2D eigenvalue weighted by molar-refractivity contribution is -0.00000555.